The lowest BCUT2D eigenvalue weighted by Crippen LogP contribution is -2.49. The van der Waals surface area contributed by atoms with Crippen LogP contribution in [0.2, 0.25) is 0 Å². The zero-order valence-corrected chi connectivity index (χ0v) is 17.7. The Labute approximate surface area is 180 Å². The summed E-state index contributed by atoms with van der Waals surface area (Å²) in [6, 6.07) is 16.3. The van der Waals surface area contributed by atoms with Gasteiger partial charge in [0.2, 0.25) is 0 Å². The summed E-state index contributed by atoms with van der Waals surface area (Å²) in [7, 11) is 1.35. The Balaban J connectivity index is 1.71. The summed E-state index contributed by atoms with van der Waals surface area (Å²) < 4.78 is 4.77. The van der Waals surface area contributed by atoms with Gasteiger partial charge in [-0.05, 0) is 61.8 Å². The van der Waals surface area contributed by atoms with Gasteiger partial charge in [0.05, 0.1) is 24.3 Å². The van der Waals surface area contributed by atoms with E-state index >= 15 is 0 Å². The highest BCUT2D eigenvalue weighted by Crippen LogP contribution is 2.38. The SMILES string of the molecule is COC(=O)c1ccc([C@@H]2NC(=S)N(C3CC3)C(C)=C2C(=O)Nc2ccccc2)cc1. The molecular formula is C23H23N3O3S. The van der Waals surface area contributed by atoms with Crippen molar-refractivity contribution < 1.29 is 14.3 Å². The number of carbonyl (C=O) groups excluding carboxylic acids is 2. The quantitative estimate of drug-likeness (QED) is 0.566. The molecule has 0 radical (unpaired) electrons. The minimum absolute atomic E-state index is 0.179. The first-order chi connectivity index (χ1) is 14.5. The number of ether oxygens (including phenoxy) is 1. The fourth-order valence-corrected chi connectivity index (χ4v) is 4.13. The maximum atomic E-state index is 13.3. The highest BCUT2D eigenvalue weighted by molar-refractivity contribution is 7.80. The maximum absolute atomic E-state index is 13.3. The predicted octanol–water partition coefficient (Wildman–Crippen LogP) is 3.78. The van der Waals surface area contributed by atoms with E-state index in [1.165, 1.54) is 7.11 Å². The topological polar surface area (TPSA) is 70.7 Å². The molecule has 2 aromatic rings. The van der Waals surface area contributed by atoms with E-state index in [0.29, 0.717) is 22.3 Å². The van der Waals surface area contributed by atoms with Crippen molar-refractivity contribution in [3.8, 4) is 0 Å². The van der Waals surface area contributed by atoms with Crippen molar-refractivity contribution in [3.63, 3.8) is 0 Å². The van der Waals surface area contributed by atoms with E-state index in [-0.39, 0.29) is 5.91 Å². The smallest absolute Gasteiger partial charge is 0.337 e. The van der Waals surface area contributed by atoms with Crippen molar-refractivity contribution in [1.82, 2.24) is 10.2 Å². The van der Waals surface area contributed by atoms with E-state index in [9.17, 15) is 9.59 Å². The predicted molar refractivity (Wildman–Crippen MR) is 119 cm³/mol. The van der Waals surface area contributed by atoms with Crippen molar-refractivity contribution in [3.05, 3.63) is 77.0 Å². The van der Waals surface area contributed by atoms with Gasteiger partial charge in [-0.1, -0.05) is 30.3 Å². The number of carbonyl (C=O) groups is 2. The Bertz CT molecular complexity index is 1010. The standard InChI is InChI=1S/C23H23N3O3S/c1-14-19(21(27)24-17-6-4-3-5-7-17)20(25-23(30)26(14)18-12-13-18)15-8-10-16(11-9-15)22(28)29-2/h3-11,18,20H,12-13H2,1-2H3,(H,24,27)(H,25,30)/t20-/m0/s1. The molecule has 2 aromatic carbocycles. The number of anilines is 1. The molecule has 1 atom stereocenters. The molecule has 1 aliphatic heterocycles. The molecule has 1 saturated carbocycles. The van der Waals surface area contributed by atoms with E-state index in [4.69, 9.17) is 17.0 Å². The summed E-state index contributed by atoms with van der Waals surface area (Å²) in [4.78, 5) is 27.1. The number of esters is 1. The largest absolute Gasteiger partial charge is 0.465 e. The molecule has 0 bridgehead atoms. The summed E-state index contributed by atoms with van der Waals surface area (Å²) in [5.74, 6) is -0.580. The summed E-state index contributed by atoms with van der Waals surface area (Å²) in [5, 5.41) is 6.95. The van der Waals surface area contributed by atoms with Gasteiger partial charge in [0, 0.05) is 17.4 Å². The van der Waals surface area contributed by atoms with Crippen LogP contribution in [-0.4, -0.2) is 35.0 Å². The van der Waals surface area contributed by atoms with Gasteiger partial charge in [0.15, 0.2) is 5.11 Å². The van der Waals surface area contributed by atoms with Crippen LogP contribution in [0.3, 0.4) is 0 Å². The van der Waals surface area contributed by atoms with Crippen LogP contribution in [0.4, 0.5) is 5.69 Å². The molecule has 4 rings (SSSR count). The number of thiocarbonyl (C=S) groups is 1. The van der Waals surface area contributed by atoms with Gasteiger partial charge in [0.25, 0.3) is 5.91 Å². The molecule has 1 heterocycles. The third-order valence-electron chi connectivity index (χ3n) is 5.38. The van der Waals surface area contributed by atoms with Crippen LogP contribution in [0.1, 0.15) is 41.7 Å². The van der Waals surface area contributed by atoms with Gasteiger partial charge in [-0.25, -0.2) is 4.79 Å². The number of para-hydroxylation sites is 1. The van der Waals surface area contributed by atoms with Gasteiger partial charge >= 0.3 is 5.97 Å². The number of amides is 1. The minimum Gasteiger partial charge on any atom is -0.465 e. The van der Waals surface area contributed by atoms with Crippen LogP contribution in [0.25, 0.3) is 0 Å². The highest BCUT2D eigenvalue weighted by Gasteiger charge is 2.40. The highest BCUT2D eigenvalue weighted by atomic mass is 32.1. The van der Waals surface area contributed by atoms with Crippen LogP contribution >= 0.6 is 12.2 Å². The molecule has 154 valence electrons. The maximum Gasteiger partial charge on any atom is 0.337 e. The first-order valence-electron chi connectivity index (χ1n) is 9.84. The lowest BCUT2D eigenvalue weighted by molar-refractivity contribution is -0.113. The van der Waals surface area contributed by atoms with Gasteiger partial charge in [-0.2, -0.15) is 0 Å². The normalized spacial score (nSPS) is 18.7. The number of nitrogens with zero attached hydrogens (tertiary/aromatic N) is 1. The zero-order chi connectivity index (χ0) is 21.3. The van der Waals surface area contributed by atoms with E-state index < -0.39 is 12.0 Å². The van der Waals surface area contributed by atoms with Crippen LogP contribution in [0.15, 0.2) is 65.9 Å². The molecule has 1 fully saturated rings. The average Bonchev–Trinajstić information content (AvgIpc) is 3.58. The van der Waals surface area contributed by atoms with Crippen LogP contribution in [0.5, 0.6) is 0 Å². The number of hydrogen-bond acceptors (Lipinski definition) is 4. The van der Waals surface area contributed by atoms with Crippen molar-refractivity contribution in [2.24, 2.45) is 0 Å². The molecule has 0 unspecified atom stereocenters. The van der Waals surface area contributed by atoms with E-state index in [1.807, 2.05) is 49.4 Å². The Morgan fingerprint density at radius 3 is 2.37 bits per heavy atom. The number of methoxy groups -OCH3 is 1. The monoisotopic (exact) mass is 421 g/mol. The third-order valence-corrected chi connectivity index (χ3v) is 5.69. The van der Waals surface area contributed by atoms with E-state index in [1.54, 1.807) is 12.1 Å². The molecule has 1 aliphatic carbocycles. The van der Waals surface area contributed by atoms with Crippen LogP contribution in [0, 0.1) is 0 Å². The Morgan fingerprint density at radius 2 is 1.77 bits per heavy atom. The van der Waals surface area contributed by atoms with Gasteiger partial charge < -0.3 is 20.3 Å². The molecule has 0 aromatic heterocycles. The second kappa shape index (κ2) is 8.28. The molecule has 30 heavy (non-hydrogen) atoms. The fourth-order valence-electron chi connectivity index (χ4n) is 3.72. The number of hydrogen-bond donors (Lipinski definition) is 2. The number of nitrogens with one attached hydrogen (secondary N) is 2. The lowest BCUT2D eigenvalue weighted by Gasteiger charge is -2.38. The second-order valence-electron chi connectivity index (χ2n) is 7.42. The molecule has 7 heteroatoms. The zero-order valence-electron chi connectivity index (χ0n) is 16.8. The van der Waals surface area contributed by atoms with Gasteiger partial charge in [0.1, 0.15) is 0 Å². The minimum atomic E-state index is -0.414. The van der Waals surface area contributed by atoms with Crippen molar-refractivity contribution in [2.45, 2.75) is 31.8 Å². The molecule has 2 aliphatic rings. The molecule has 2 N–H and O–H groups in total. The number of benzene rings is 2. The molecule has 0 spiro atoms. The number of rotatable bonds is 5. The van der Waals surface area contributed by atoms with E-state index in [2.05, 4.69) is 15.5 Å². The molecular weight excluding hydrogens is 398 g/mol. The Hall–Kier alpha value is -3.19. The van der Waals surface area contributed by atoms with Crippen molar-refractivity contribution in [1.29, 1.82) is 0 Å². The van der Waals surface area contributed by atoms with Gasteiger partial charge in [-0.3, -0.25) is 4.79 Å². The lowest BCUT2D eigenvalue weighted by atomic mass is 9.93. The first-order valence-corrected chi connectivity index (χ1v) is 10.3. The van der Waals surface area contributed by atoms with Gasteiger partial charge in [-0.15, -0.1) is 0 Å². The van der Waals surface area contributed by atoms with Crippen molar-refractivity contribution in [2.75, 3.05) is 12.4 Å². The summed E-state index contributed by atoms with van der Waals surface area (Å²) in [5.41, 5.74) is 3.50. The second-order valence-corrected chi connectivity index (χ2v) is 7.80. The fraction of sp³-hybridized carbons (Fsp3) is 0.261. The Kier molecular flexibility index (Phi) is 5.55. The molecule has 0 saturated heterocycles. The average molecular weight is 422 g/mol. The molecule has 1 amide bonds. The Morgan fingerprint density at radius 1 is 1.10 bits per heavy atom. The summed E-state index contributed by atoms with van der Waals surface area (Å²) in [6.45, 7) is 1.95. The third kappa shape index (κ3) is 3.93. The van der Waals surface area contributed by atoms with E-state index in [0.717, 1.165) is 29.8 Å². The van der Waals surface area contributed by atoms with Crippen molar-refractivity contribution >= 4 is 34.9 Å². The summed E-state index contributed by atoms with van der Waals surface area (Å²) >= 11 is 5.63. The van der Waals surface area contributed by atoms with Crippen LogP contribution in [-0.2, 0) is 9.53 Å². The summed E-state index contributed by atoms with van der Waals surface area (Å²) in [6.07, 6.45) is 2.12. The number of allylic oxidation sites excluding steroid dienone is 1. The first kappa shape index (κ1) is 20.1. The molecule has 6 nitrogen and oxygen atoms in total. The van der Waals surface area contributed by atoms with Crippen LogP contribution < -0.4 is 10.6 Å².